The van der Waals surface area contributed by atoms with Gasteiger partial charge in [0.1, 0.15) is 5.58 Å². The van der Waals surface area contributed by atoms with Crippen LogP contribution in [0.1, 0.15) is 46.1 Å². The molecule has 1 aromatic heterocycles. The molecule has 1 aliphatic rings. The van der Waals surface area contributed by atoms with Crippen molar-refractivity contribution >= 4 is 22.8 Å². The Bertz CT molecular complexity index is 1150. The number of benzene rings is 2. The van der Waals surface area contributed by atoms with Gasteiger partial charge in [0, 0.05) is 6.07 Å². The molecule has 0 fully saturated rings. The Morgan fingerprint density at radius 1 is 1.17 bits per heavy atom. The summed E-state index contributed by atoms with van der Waals surface area (Å²) in [5.74, 6) is -1.45. The number of esters is 1. The third-order valence-electron chi connectivity index (χ3n) is 5.12. The molecule has 1 heterocycles. The van der Waals surface area contributed by atoms with E-state index < -0.39 is 12.6 Å². The summed E-state index contributed by atoms with van der Waals surface area (Å²) in [5.41, 5.74) is 3.23. The van der Waals surface area contributed by atoms with Gasteiger partial charge in [-0.3, -0.25) is 9.59 Å². The maximum absolute atomic E-state index is 12.3. The van der Waals surface area contributed by atoms with E-state index in [-0.39, 0.29) is 23.1 Å². The Kier molecular flexibility index (Phi) is 5.16. The van der Waals surface area contributed by atoms with Crippen molar-refractivity contribution in [1.82, 2.24) is 5.32 Å². The molecule has 0 bridgehead atoms. The van der Waals surface area contributed by atoms with Crippen LogP contribution in [0.15, 0.2) is 57.7 Å². The highest BCUT2D eigenvalue weighted by Crippen LogP contribution is 2.29. The first-order valence-corrected chi connectivity index (χ1v) is 9.60. The molecule has 0 radical (unpaired) electrons. The minimum Gasteiger partial charge on any atom is -0.450 e. The minimum absolute atomic E-state index is 0.0898. The molecular formula is C23H21NO5. The van der Waals surface area contributed by atoms with Gasteiger partial charge in [-0.1, -0.05) is 35.9 Å². The molecule has 2 aromatic carbocycles. The molecule has 6 nitrogen and oxygen atoms in total. The molecular weight excluding hydrogens is 370 g/mol. The van der Waals surface area contributed by atoms with Gasteiger partial charge < -0.3 is 14.5 Å². The van der Waals surface area contributed by atoms with E-state index in [2.05, 4.69) is 11.4 Å². The number of nitrogens with one attached hydrogen (secondary N) is 1. The first-order valence-electron chi connectivity index (χ1n) is 9.60. The summed E-state index contributed by atoms with van der Waals surface area (Å²) in [6.45, 7) is 1.43. The van der Waals surface area contributed by atoms with E-state index >= 15 is 0 Å². The Morgan fingerprint density at radius 3 is 2.86 bits per heavy atom. The molecule has 0 spiro atoms. The molecule has 1 atom stereocenters. The third-order valence-corrected chi connectivity index (χ3v) is 5.12. The van der Waals surface area contributed by atoms with Crippen LogP contribution in [0, 0.1) is 6.92 Å². The maximum Gasteiger partial charge on any atom is 0.374 e. The first-order chi connectivity index (χ1) is 14.0. The predicted octanol–water partition coefficient (Wildman–Crippen LogP) is 3.45. The average molecular weight is 391 g/mol. The van der Waals surface area contributed by atoms with Gasteiger partial charge in [0.2, 0.25) is 5.76 Å². The molecule has 0 saturated heterocycles. The zero-order valence-corrected chi connectivity index (χ0v) is 16.1. The molecule has 0 unspecified atom stereocenters. The molecule has 3 aromatic rings. The van der Waals surface area contributed by atoms with Crippen molar-refractivity contribution in [2.75, 3.05) is 6.61 Å². The molecule has 1 aliphatic carbocycles. The average Bonchev–Trinajstić information content (AvgIpc) is 2.72. The lowest BCUT2D eigenvalue weighted by Gasteiger charge is -2.26. The SMILES string of the molecule is Cc1ccc2oc(C(=O)OCC(=O)N[C@H]3CCCc4ccccc43)cc(=O)c2c1. The van der Waals surface area contributed by atoms with Crippen LogP contribution < -0.4 is 10.7 Å². The number of amides is 1. The highest BCUT2D eigenvalue weighted by Gasteiger charge is 2.22. The summed E-state index contributed by atoms with van der Waals surface area (Å²) in [7, 11) is 0. The van der Waals surface area contributed by atoms with Crippen molar-refractivity contribution in [3.8, 4) is 0 Å². The quantitative estimate of drug-likeness (QED) is 0.689. The number of hydrogen-bond donors (Lipinski definition) is 1. The van der Waals surface area contributed by atoms with Crippen molar-refractivity contribution in [2.45, 2.75) is 32.2 Å². The standard InChI is InChI=1S/C23H21NO5/c1-14-9-10-20-17(11-14)19(25)12-21(29-20)23(27)28-13-22(26)24-18-8-4-6-15-5-2-3-7-16(15)18/h2-3,5,7,9-12,18H,4,6,8,13H2,1H3,(H,24,26)/t18-/m0/s1. The monoisotopic (exact) mass is 391 g/mol. The fraction of sp³-hybridized carbons (Fsp3) is 0.261. The van der Waals surface area contributed by atoms with Crippen LogP contribution in [-0.4, -0.2) is 18.5 Å². The third kappa shape index (κ3) is 4.06. The van der Waals surface area contributed by atoms with Crippen molar-refractivity contribution in [3.63, 3.8) is 0 Å². The summed E-state index contributed by atoms with van der Waals surface area (Å²) >= 11 is 0. The van der Waals surface area contributed by atoms with E-state index in [1.165, 1.54) is 5.56 Å². The Morgan fingerprint density at radius 2 is 2.00 bits per heavy atom. The van der Waals surface area contributed by atoms with Crippen LogP contribution >= 0.6 is 0 Å². The van der Waals surface area contributed by atoms with Gasteiger partial charge in [0.05, 0.1) is 11.4 Å². The van der Waals surface area contributed by atoms with Crippen molar-refractivity contribution < 1.29 is 18.7 Å². The van der Waals surface area contributed by atoms with Crippen molar-refractivity contribution in [2.24, 2.45) is 0 Å². The van der Waals surface area contributed by atoms with E-state index in [0.717, 1.165) is 36.5 Å². The zero-order valence-electron chi connectivity index (χ0n) is 16.1. The number of carbonyl (C=O) groups excluding carboxylic acids is 2. The fourth-order valence-electron chi connectivity index (χ4n) is 3.71. The van der Waals surface area contributed by atoms with Crippen LogP contribution in [0.25, 0.3) is 11.0 Å². The van der Waals surface area contributed by atoms with Crippen molar-refractivity contribution in [1.29, 1.82) is 0 Å². The topological polar surface area (TPSA) is 85.6 Å². The van der Waals surface area contributed by atoms with Crippen molar-refractivity contribution in [3.05, 3.63) is 81.2 Å². The van der Waals surface area contributed by atoms with Gasteiger partial charge in [-0.05, 0) is 49.4 Å². The number of rotatable bonds is 4. The van der Waals surface area contributed by atoms with Gasteiger partial charge in [0.25, 0.3) is 5.91 Å². The van der Waals surface area contributed by atoms with E-state index in [4.69, 9.17) is 9.15 Å². The summed E-state index contributed by atoms with van der Waals surface area (Å²) in [6.07, 6.45) is 2.83. The number of hydrogen-bond acceptors (Lipinski definition) is 5. The van der Waals surface area contributed by atoms with Gasteiger partial charge in [0.15, 0.2) is 12.0 Å². The summed E-state index contributed by atoms with van der Waals surface area (Å²) in [5, 5.41) is 3.32. The smallest absolute Gasteiger partial charge is 0.374 e. The number of aryl methyl sites for hydroxylation is 2. The van der Waals surface area contributed by atoms with Crippen LogP contribution in [0.5, 0.6) is 0 Å². The maximum atomic E-state index is 12.3. The second kappa shape index (κ2) is 7.91. The summed E-state index contributed by atoms with van der Waals surface area (Å²) < 4.78 is 10.5. The molecule has 6 heteroatoms. The highest BCUT2D eigenvalue weighted by atomic mass is 16.5. The summed E-state index contributed by atoms with van der Waals surface area (Å²) in [4.78, 5) is 36.8. The molecule has 4 rings (SSSR count). The predicted molar refractivity (Wildman–Crippen MR) is 108 cm³/mol. The van der Waals surface area contributed by atoms with Crippen LogP contribution in [0.4, 0.5) is 0 Å². The lowest BCUT2D eigenvalue weighted by molar-refractivity contribution is -0.125. The lowest BCUT2D eigenvalue weighted by atomic mass is 9.88. The van der Waals surface area contributed by atoms with E-state index in [9.17, 15) is 14.4 Å². The summed E-state index contributed by atoms with van der Waals surface area (Å²) in [6, 6.07) is 14.1. The number of fused-ring (bicyclic) bond motifs is 2. The van der Waals surface area contributed by atoms with Crippen LogP contribution in [-0.2, 0) is 16.0 Å². The van der Waals surface area contributed by atoms with E-state index in [1.54, 1.807) is 18.2 Å². The minimum atomic E-state index is -0.844. The lowest BCUT2D eigenvalue weighted by Crippen LogP contribution is -2.34. The second-order valence-corrected chi connectivity index (χ2v) is 7.26. The Labute approximate surface area is 167 Å². The highest BCUT2D eigenvalue weighted by molar-refractivity contribution is 5.90. The fourth-order valence-corrected chi connectivity index (χ4v) is 3.71. The molecule has 1 N–H and O–H groups in total. The molecule has 29 heavy (non-hydrogen) atoms. The molecule has 1 amide bonds. The van der Waals surface area contributed by atoms with Crippen LogP contribution in [0.3, 0.4) is 0 Å². The van der Waals surface area contributed by atoms with Gasteiger partial charge in [-0.15, -0.1) is 0 Å². The van der Waals surface area contributed by atoms with Gasteiger partial charge >= 0.3 is 5.97 Å². The largest absolute Gasteiger partial charge is 0.450 e. The van der Waals surface area contributed by atoms with Gasteiger partial charge in [-0.2, -0.15) is 0 Å². The van der Waals surface area contributed by atoms with E-state index in [1.807, 2.05) is 25.1 Å². The molecule has 0 saturated carbocycles. The molecule has 148 valence electrons. The number of ether oxygens (including phenoxy) is 1. The van der Waals surface area contributed by atoms with E-state index in [0.29, 0.717) is 11.0 Å². The number of carbonyl (C=O) groups is 2. The Balaban J connectivity index is 1.41. The normalized spacial score (nSPS) is 15.6. The van der Waals surface area contributed by atoms with Gasteiger partial charge in [-0.25, -0.2) is 4.79 Å². The van der Waals surface area contributed by atoms with Crippen LogP contribution in [0.2, 0.25) is 0 Å². The first kappa shape index (κ1) is 18.9. The molecule has 0 aliphatic heterocycles. The zero-order chi connectivity index (χ0) is 20.4. The Hall–Kier alpha value is -3.41. The second-order valence-electron chi connectivity index (χ2n) is 7.26.